The van der Waals surface area contributed by atoms with E-state index in [0.717, 1.165) is 60.1 Å². The topological polar surface area (TPSA) is 56.5 Å². The van der Waals surface area contributed by atoms with Crippen molar-refractivity contribution in [3.05, 3.63) is 176 Å². The molecule has 11 rings (SSSR count). The predicted molar refractivity (Wildman–Crippen MR) is 224 cm³/mol. The van der Waals surface area contributed by atoms with Crippen LogP contribution in [0, 0.1) is 0 Å². The maximum Gasteiger partial charge on any atom is 0.164 e. The lowest BCUT2D eigenvalue weighted by Crippen LogP contribution is -2.02. The van der Waals surface area contributed by atoms with Crippen molar-refractivity contribution in [3.63, 3.8) is 0 Å². The number of pyridine rings is 1. The SMILES string of the molecule is c1ccc(-c2nc(-c3cc(-c4ccnc5c4sc4ccccc45)cc(-n4c5ccccc5c5ccccc54)c3)nc(-c3ccc4ccccc4c3)n2)cc1. The summed E-state index contributed by atoms with van der Waals surface area (Å²) in [6, 6.07) is 59.6. The average molecular weight is 708 g/mol. The summed E-state index contributed by atoms with van der Waals surface area (Å²) in [7, 11) is 0. The molecule has 54 heavy (non-hydrogen) atoms. The van der Waals surface area contributed by atoms with Gasteiger partial charge in [0.05, 0.1) is 21.3 Å². The molecule has 0 unspecified atom stereocenters. The quantitative estimate of drug-likeness (QED) is 0.179. The van der Waals surface area contributed by atoms with Crippen molar-refractivity contribution in [2.45, 2.75) is 0 Å². The normalized spacial score (nSPS) is 11.7. The van der Waals surface area contributed by atoms with Gasteiger partial charge < -0.3 is 4.57 Å². The van der Waals surface area contributed by atoms with E-state index < -0.39 is 0 Å². The summed E-state index contributed by atoms with van der Waals surface area (Å²) in [6.07, 6.45) is 1.93. The summed E-state index contributed by atoms with van der Waals surface area (Å²) in [5.41, 5.74) is 9.29. The highest BCUT2D eigenvalue weighted by Crippen LogP contribution is 2.41. The first kappa shape index (κ1) is 30.6. The second-order valence-corrected chi connectivity index (χ2v) is 14.6. The third-order valence-corrected chi connectivity index (χ3v) is 11.5. The minimum absolute atomic E-state index is 0.609. The van der Waals surface area contributed by atoms with Crippen molar-refractivity contribution in [2.24, 2.45) is 0 Å². The molecule has 252 valence electrons. The number of hydrogen-bond acceptors (Lipinski definition) is 5. The minimum Gasteiger partial charge on any atom is -0.309 e. The van der Waals surface area contributed by atoms with E-state index in [1.165, 1.54) is 26.2 Å². The van der Waals surface area contributed by atoms with E-state index in [2.05, 4.69) is 156 Å². The molecule has 6 heteroatoms. The van der Waals surface area contributed by atoms with Gasteiger partial charge in [-0.1, -0.05) is 121 Å². The number of fused-ring (bicyclic) bond motifs is 7. The summed E-state index contributed by atoms with van der Waals surface area (Å²) in [5, 5.41) is 5.90. The Labute approximate surface area is 314 Å². The van der Waals surface area contributed by atoms with Crippen LogP contribution in [0.5, 0.6) is 0 Å². The van der Waals surface area contributed by atoms with Gasteiger partial charge in [-0.15, -0.1) is 11.3 Å². The smallest absolute Gasteiger partial charge is 0.164 e. The zero-order chi connectivity index (χ0) is 35.6. The third-order valence-electron chi connectivity index (χ3n) is 10.3. The third kappa shape index (κ3) is 4.99. The number of para-hydroxylation sites is 2. The zero-order valence-corrected chi connectivity index (χ0v) is 29.7. The number of thiophene rings is 1. The van der Waals surface area contributed by atoms with Gasteiger partial charge >= 0.3 is 0 Å². The molecule has 4 heterocycles. The number of nitrogens with zero attached hydrogens (tertiary/aromatic N) is 5. The first-order chi connectivity index (χ1) is 26.7. The molecule has 0 aliphatic heterocycles. The lowest BCUT2D eigenvalue weighted by atomic mass is 10.0. The molecule has 0 atom stereocenters. The van der Waals surface area contributed by atoms with E-state index in [-0.39, 0.29) is 0 Å². The van der Waals surface area contributed by atoms with Crippen LogP contribution in [0.25, 0.3) is 104 Å². The molecule has 11 aromatic rings. The molecular formula is C48H29N5S. The van der Waals surface area contributed by atoms with Crippen molar-refractivity contribution in [1.29, 1.82) is 0 Å². The number of benzene rings is 7. The Hall–Kier alpha value is -7.02. The second kappa shape index (κ2) is 12.3. The van der Waals surface area contributed by atoms with Gasteiger partial charge in [-0.3, -0.25) is 4.98 Å². The summed E-state index contributed by atoms with van der Waals surface area (Å²) in [6.45, 7) is 0. The molecule has 0 radical (unpaired) electrons. The highest BCUT2D eigenvalue weighted by atomic mass is 32.1. The van der Waals surface area contributed by atoms with Gasteiger partial charge in [0.1, 0.15) is 0 Å². The van der Waals surface area contributed by atoms with E-state index in [9.17, 15) is 0 Å². The van der Waals surface area contributed by atoms with Crippen LogP contribution in [0.3, 0.4) is 0 Å². The Morgan fingerprint density at radius 3 is 1.81 bits per heavy atom. The highest BCUT2D eigenvalue weighted by molar-refractivity contribution is 7.26. The molecule has 0 saturated carbocycles. The molecule has 0 aliphatic carbocycles. The fraction of sp³-hybridized carbons (Fsp3) is 0. The van der Waals surface area contributed by atoms with Crippen LogP contribution in [0.15, 0.2) is 176 Å². The van der Waals surface area contributed by atoms with Gasteiger partial charge in [0.25, 0.3) is 0 Å². The lowest BCUT2D eigenvalue weighted by molar-refractivity contribution is 1.07. The Morgan fingerprint density at radius 2 is 1.04 bits per heavy atom. The average Bonchev–Trinajstić information content (AvgIpc) is 3.80. The van der Waals surface area contributed by atoms with Crippen LogP contribution in [0.2, 0.25) is 0 Å². The van der Waals surface area contributed by atoms with Gasteiger partial charge in [0.15, 0.2) is 17.5 Å². The van der Waals surface area contributed by atoms with Crippen LogP contribution in [0.1, 0.15) is 0 Å². The molecule has 0 N–H and O–H groups in total. The van der Waals surface area contributed by atoms with E-state index in [0.29, 0.717) is 17.5 Å². The summed E-state index contributed by atoms with van der Waals surface area (Å²) < 4.78 is 4.74. The van der Waals surface area contributed by atoms with Crippen molar-refractivity contribution in [2.75, 3.05) is 0 Å². The van der Waals surface area contributed by atoms with Crippen LogP contribution < -0.4 is 0 Å². The van der Waals surface area contributed by atoms with Crippen LogP contribution in [-0.2, 0) is 0 Å². The van der Waals surface area contributed by atoms with E-state index in [4.69, 9.17) is 19.9 Å². The first-order valence-electron chi connectivity index (χ1n) is 18.0. The van der Waals surface area contributed by atoms with Gasteiger partial charge in [-0.05, 0) is 64.9 Å². The molecule has 0 saturated heterocycles. The molecule has 0 aliphatic rings. The van der Waals surface area contributed by atoms with Gasteiger partial charge in [0.2, 0.25) is 0 Å². The summed E-state index contributed by atoms with van der Waals surface area (Å²) >= 11 is 1.78. The van der Waals surface area contributed by atoms with Gasteiger partial charge in [-0.2, -0.15) is 0 Å². The fourth-order valence-corrected chi connectivity index (χ4v) is 8.93. The molecule has 0 amide bonds. The Kier molecular flexibility index (Phi) is 6.97. The largest absolute Gasteiger partial charge is 0.309 e. The number of hydrogen-bond donors (Lipinski definition) is 0. The Balaban J connectivity index is 1.21. The first-order valence-corrected chi connectivity index (χ1v) is 18.8. The van der Waals surface area contributed by atoms with Crippen LogP contribution in [-0.4, -0.2) is 24.5 Å². The summed E-state index contributed by atoms with van der Waals surface area (Å²) in [4.78, 5) is 20.4. The number of rotatable bonds is 5. The minimum atomic E-state index is 0.609. The molecule has 4 aromatic heterocycles. The van der Waals surface area contributed by atoms with E-state index >= 15 is 0 Å². The molecule has 0 bridgehead atoms. The summed E-state index contributed by atoms with van der Waals surface area (Å²) in [5.74, 6) is 1.87. The maximum absolute atomic E-state index is 5.24. The monoisotopic (exact) mass is 707 g/mol. The van der Waals surface area contributed by atoms with Crippen LogP contribution >= 0.6 is 11.3 Å². The standard InChI is InChI=1S/C48H29N5S/c1-2-13-31(14-3-1)46-50-47(33-23-22-30-12-4-5-15-32(30)26-33)52-48(51-46)35-27-34(37-24-25-49-44-40-18-8-11-21-43(40)54-45(37)44)28-36(29-35)53-41-19-9-6-16-38(41)39-17-7-10-20-42(39)53/h1-29H. The molecule has 5 nitrogen and oxygen atoms in total. The molecular weight excluding hydrogens is 679 g/mol. The van der Waals surface area contributed by atoms with Gasteiger partial charge in [-0.25, -0.2) is 15.0 Å². The highest BCUT2D eigenvalue weighted by Gasteiger charge is 2.19. The zero-order valence-electron chi connectivity index (χ0n) is 28.9. The molecule has 0 fully saturated rings. The van der Waals surface area contributed by atoms with Crippen LogP contribution in [0.4, 0.5) is 0 Å². The Bertz CT molecular complexity index is 3180. The van der Waals surface area contributed by atoms with Crippen molar-refractivity contribution in [1.82, 2.24) is 24.5 Å². The molecule has 0 spiro atoms. The van der Waals surface area contributed by atoms with Crippen molar-refractivity contribution < 1.29 is 0 Å². The fourth-order valence-electron chi connectivity index (χ4n) is 7.74. The Morgan fingerprint density at radius 1 is 0.426 bits per heavy atom. The van der Waals surface area contributed by atoms with E-state index in [1.54, 1.807) is 11.3 Å². The lowest BCUT2D eigenvalue weighted by Gasteiger charge is -2.15. The van der Waals surface area contributed by atoms with E-state index in [1.807, 2.05) is 24.4 Å². The van der Waals surface area contributed by atoms with Crippen molar-refractivity contribution >= 4 is 64.2 Å². The predicted octanol–water partition coefficient (Wildman–Crippen LogP) is 12.6. The van der Waals surface area contributed by atoms with Gasteiger partial charge in [0, 0.05) is 55.0 Å². The number of aromatic nitrogens is 5. The maximum atomic E-state index is 5.24. The van der Waals surface area contributed by atoms with Crippen molar-refractivity contribution in [3.8, 4) is 51.0 Å². The second-order valence-electron chi connectivity index (χ2n) is 13.5. The molecule has 7 aromatic carbocycles.